The fraction of sp³-hybridized carbons (Fsp3) is 0.125. The molecule has 0 spiro atoms. The summed E-state index contributed by atoms with van der Waals surface area (Å²) in [5, 5.41) is 3.35. The summed E-state index contributed by atoms with van der Waals surface area (Å²) in [6.45, 7) is 0. The second-order valence-corrected chi connectivity index (χ2v) is 6.77. The molecule has 0 unspecified atom stereocenters. The molecule has 1 aliphatic heterocycles. The van der Waals surface area contributed by atoms with Gasteiger partial charge in [-0.3, -0.25) is 10.1 Å². The van der Waals surface area contributed by atoms with Crippen LogP contribution in [0.1, 0.15) is 5.56 Å². The average Bonchev–Trinajstić information content (AvgIpc) is 3.10. The predicted molar refractivity (Wildman–Crippen MR) is 87.7 cm³/mol. The molecule has 0 saturated carbocycles. The Hall–Kier alpha value is -2.25. The fourth-order valence-corrected chi connectivity index (χ4v) is 3.66. The zero-order valence-corrected chi connectivity index (χ0v) is 13.5. The van der Waals surface area contributed by atoms with Crippen LogP contribution in [0.25, 0.3) is 10.2 Å². The maximum absolute atomic E-state index is 13.7. The molecule has 1 amide bonds. The second kappa shape index (κ2) is 5.68. The highest BCUT2D eigenvalue weighted by atomic mass is 35.5. The van der Waals surface area contributed by atoms with E-state index >= 15 is 0 Å². The van der Waals surface area contributed by atoms with Crippen LogP contribution in [0.15, 0.2) is 30.3 Å². The fourth-order valence-electron chi connectivity index (χ4n) is 2.56. The van der Waals surface area contributed by atoms with Gasteiger partial charge in [-0.15, -0.1) is 0 Å². The molecule has 0 saturated heterocycles. The first-order valence-corrected chi connectivity index (χ1v) is 8.20. The number of rotatable bonds is 2. The highest BCUT2D eigenvalue weighted by molar-refractivity contribution is 7.22. The van der Waals surface area contributed by atoms with Crippen molar-refractivity contribution in [2.45, 2.75) is 12.5 Å². The molecular formula is C16H9ClF2N2O2S. The van der Waals surface area contributed by atoms with Gasteiger partial charge in [0.2, 0.25) is 0 Å². The number of benzene rings is 2. The molecule has 4 nitrogen and oxygen atoms in total. The Balaban J connectivity index is 1.54. The number of halogens is 3. The van der Waals surface area contributed by atoms with E-state index in [1.807, 2.05) is 0 Å². The highest BCUT2D eigenvalue weighted by Crippen LogP contribution is 2.33. The van der Waals surface area contributed by atoms with Crippen molar-refractivity contribution >= 4 is 44.2 Å². The quantitative estimate of drug-likeness (QED) is 0.740. The van der Waals surface area contributed by atoms with E-state index in [1.54, 1.807) is 18.2 Å². The number of carbonyl (C=O) groups is 1. The third-order valence-electron chi connectivity index (χ3n) is 3.63. The molecule has 4 rings (SSSR count). The van der Waals surface area contributed by atoms with E-state index in [-0.39, 0.29) is 10.6 Å². The topological polar surface area (TPSA) is 51.2 Å². The van der Waals surface area contributed by atoms with Gasteiger partial charge in [0.05, 0.1) is 4.70 Å². The van der Waals surface area contributed by atoms with E-state index in [4.69, 9.17) is 16.3 Å². The summed E-state index contributed by atoms with van der Waals surface area (Å²) in [6.07, 6.45) is -0.331. The molecular weight excluding hydrogens is 358 g/mol. The Morgan fingerprint density at radius 2 is 2.17 bits per heavy atom. The van der Waals surface area contributed by atoms with E-state index in [2.05, 4.69) is 10.3 Å². The lowest BCUT2D eigenvalue weighted by molar-refractivity contribution is -0.122. The highest BCUT2D eigenvalue weighted by Gasteiger charge is 2.30. The molecule has 0 fully saturated rings. The van der Waals surface area contributed by atoms with Crippen molar-refractivity contribution in [1.82, 2.24) is 4.98 Å². The Kier molecular flexibility index (Phi) is 3.62. The monoisotopic (exact) mass is 366 g/mol. The molecule has 2 heterocycles. The SMILES string of the molecule is O=C(Nc1nc2c(F)cc(F)cc2s1)[C@@H]1Cc2cc(Cl)ccc2O1. The van der Waals surface area contributed by atoms with Crippen molar-refractivity contribution in [2.75, 3.05) is 5.32 Å². The summed E-state index contributed by atoms with van der Waals surface area (Å²) >= 11 is 6.92. The van der Waals surface area contributed by atoms with Crippen molar-refractivity contribution in [3.8, 4) is 5.75 Å². The third kappa shape index (κ3) is 2.70. The van der Waals surface area contributed by atoms with Crippen LogP contribution in [0.5, 0.6) is 5.75 Å². The van der Waals surface area contributed by atoms with Gasteiger partial charge < -0.3 is 4.74 Å². The summed E-state index contributed by atoms with van der Waals surface area (Å²) < 4.78 is 32.8. The van der Waals surface area contributed by atoms with Gasteiger partial charge in [0, 0.05) is 17.5 Å². The van der Waals surface area contributed by atoms with Gasteiger partial charge in [-0.1, -0.05) is 22.9 Å². The van der Waals surface area contributed by atoms with E-state index in [1.165, 1.54) is 6.07 Å². The molecule has 0 aliphatic carbocycles. The smallest absolute Gasteiger partial charge is 0.267 e. The minimum atomic E-state index is -0.763. The molecule has 0 radical (unpaired) electrons. The molecule has 1 atom stereocenters. The van der Waals surface area contributed by atoms with Crippen LogP contribution in [0.2, 0.25) is 5.02 Å². The summed E-state index contributed by atoms with van der Waals surface area (Å²) in [5.74, 6) is -1.24. The molecule has 1 aromatic heterocycles. The Bertz CT molecular complexity index is 976. The molecule has 0 bridgehead atoms. The van der Waals surface area contributed by atoms with Crippen LogP contribution in [0, 0.1) is 11.6 Å². The standard InChI is InChI=1S/C16H9ClF2N2O2S/c17-8-1-2-11-7(3-8)4-12(23-11)15(22)21-16-20-14-10(19)5-9(18)6-13(14)24-16/h1-3,5-6,12H,4H2,(H,20,21,22)/t12-/m0/s1. The normalized spacial score (nSPS) is 16.0. The summed E-state index contributed by atoms with van der Waals surface area (Å²) in [6, 6.07) is 7.08. The summed E-state index contributed by atoms with van der Waals surface area (Å²) in [7, 11) is 0. The van der Waals surface area contributed by atoms with E-state index in [9.17, 15) is 13.6 Å². The molecule has 2 aromatic carbocycles. The van der Waals surface area contributed by atoms with Crippen LogP contribution in [-0.4, -0.2) is 17.0 Å². The number of nitrogens with zero attached hydrogens (tertiary/aromatic N) is 1. The second-order valence-electron chi connectivity index (χ2n) is 5.31. The van der Waals surface area contributed by atoms with Crippen LogP contribution < -0.4 is 10.1 Å². The first-order chi connectivity index (χ1) is 11.5. The minimum absolute atomic E-state index is 0.0270. The summed E-state index contributed by atoms with van der Waals surface area (Å²) in [4.78, 5) is 16.3. The number of hydrogen-bond donors (Lipinski definition) is 1. The largest absolute Gasteiger partial charge is 0.480 e. The minimum Gasteiger partial charge on any atom is -0.480 e. The van der Waals surface area contributed by atoms with E-state index in [0.717, 1.165) is 23.0 Å². The van der Waals surface area contributed by atoms with Crippen molar-refractivity contribution in [3.63, 3.8) is 0 Å². The number of thiazole rings is 1. The third-order valence-corrected chi connectivity index (χ3v) is 4.79. The zero-order chi connectivity index (χ0) is 16.8. The van der Waals surface area contributed by atoms with Crippen molar-refractivity contribution in [2.24, 2.45) is 0 Å². The number of aromatic nitrogens is 1. The molecule has 3 aromatic rings. The molecule has 122 valence electrons. The lowest BCUT2D eigenvalue weighted by Gasteiger charge is -2.09. The first-order valence-electron chi connectivity index (χ1n) is 7.01. The lowest BCUT2D eigenvalue weighted by Crippen LogP contribution is -2.31. The van der Waals surface area contributed by atoms with Gasteiger partial charge in [-0.25, -0.2) is 13.8 Å². The number of hydrogen-bond acceptors (Lipinski definition) is 4. The van der Waals surface area contributed by atoms with Crippen molar-refractivity contribution < 1.29 is 18.3 Å². The average molecular weight is 367 g/mol. The van der Waals surface area contributed by atoms with Gasteiger partial charge in [0.25, 0.3) is 5.91 Å². The van der Waals surface area contributed by atoms with Crippen molar-refractivity contribution in [1.29, 1.82) is 0 Å². The van der Waals surface area contributed by atoms with Gasteiger partial charge in [-0.2, -0.15) is 0 Å². The lowest BCUT2D eigenvalue weighted by atomic mass is 10.1. The Morgan fingerprint density at radius 1 is 1.33 bits per heavy atom. The molecule has 8 heteroatoms. The number of nitrogens with one attached hydrogen (secondary N) is 1. The van der Waals surface area contributed by atoms with Gasteiger partial charge in [-0.05, 0) is 29.8 Å². The zero-order valence-electron chi connectivity index (χ0n) is 12.0. The van der Waals surface area contributed by atoms with E-state index < -0.39 is 23.6 Å². The number of carbonyl (C=O) groups excluding carboxylic acids is 1. The van der Waals surface area contributed by atoms with Crippen LogP contribution >= 0.6 is 22.9 Å². The number of amides is 1. The molecule has 1 aliphatic rings. The molecule has 24 heavy (non-hydrogen) atoms. The number of fused-ring (bicyclic) bond motifs is 2. The maximum atomic E-state index is 13.7. The maximum Gasteiger partial charge on any atom is 0.267 e. The van der Waals surface area contributed by atoms with Crippen LogP contribution in [0.4, 0.5) is 13.9 Å². The van der Waals surface area contributed by atoms with Gasteiger partial charge in [0.1, 0.15) is 17.1 Å². The summed E-state index contributed by atoms with van der Waals surface area (Å²) in [5.41, 5.74) is 0.874. The number of anilines is 1. The Labute approximate surface area is 144 Å². The van der Waals surface area contributed by atoms with Gasteiger partial charge >= 0.3 is 0 Å². The van der Waals surface area contributed by atoms with Crippen molar-refractivity contribution in [3.05, 3.63) is 52.6 Å². The van der Waals surface area contributed by atoms with Crippen LogP contribution in [0.3, 0.4) is 0 Å². The number of ether oxygens (including phenoxy) is 1. The first kappa shape index (κ1) is 15.3. The van der Waals surface area contributed by atoms with E-state index in [0.29, 0.717) is 21.9 Å². The molecule has 1 N–H and O–H groups in total. The predicted octanol–water partition coefficient (Wildman–Crippen LogP) is 4.17. The Morgan fingerprint density at radius 3 is 3.00 bits per heavy atom. The van der Waals surface area contributed by atoms with Crippen LogP contribution in [-0.2, 0) is 11.2 Å². The van der Waals surface area contributed by atoms with Gasteiger partial charge in [0.15, 0.2) is 17.1 Å².